The topological polar surface area (TPSA) is 175 Å². The van der Waals surface area contributed by atoms with E-state index in [1.807, 2.05) is 0 Å². The van der Waals surface area contributed by atoms with Crippen molar-refractivity contribution in [1.29, 1.82) is 0 Å². The molecule has 3 N–H and O–H groups in total. The quantitative estimate of drug-likeness (QED) is 0.0698. The number of halogens is 3. The Morgan fingerprint density at radius 1 is 0.959 bits per heavy atom. The molecule has 6 fully saturated rings. The maximum Gasteiger partial charge on any atom is 0.328 e. The van der Waals surface area contributed by atoms with Crippen molar-refractivity contribution in [3.05, 3.63) is 76.4 Å². The monoisotopic (exact) mass is 1030 g/mol. The first-order valence-electron chi connectivity index (χ1n) is 25.8. The lowest BCUT2D eigenvalue weighted by Crippen LogP contribution is -2.51. The fourth-order valence-electron chi connectivity index (χ4n) is 11.7. The highest BCUT2D eigenvalue weighted by Crippen LogP contribution is 2.47. The molecule has 0 spiro atoms. The number of terminal acetylenes is 1. The number of urea groups is 1. The maximum atomic E-state index is 17.1. The predicted molar refractivity (Wildman–Crippen MR) is 276 cm³/mol. The molecule has 6 aliphatic rings. The number of phenols is 1. The maximum absolute atomic E-state index is 17.1. The van der Waals surface area contributed by atoms with Crippen molar-refractivity contribution in [1.82, 2.24) is 35.4 Å². The van der Waals surface area contributed by atoms with Gasteiger partial charge in [0.25, 0.3) is 5.91 Å². The van der Waals surface area contributed by atoms with Crippen molar-refractivity contribution in [3.8, 4) is 35.4 Å². The van der Waals surface area contributed by atoms with E-state index < -0.39 is 23.3 Å². The Morgan fingerprint density at radius 2 is 1.73 bits per heavy atom. The third-order valence-corrected chi connectivity index (χ3v) is 16.6. The Kier molecular flexibility index (Phi) is 13.8. The van der Waals surface area contributed by atoms with Crippen LogP contribution in [0.5, 0.6) is 11.8 Å². The molecule has 7 heterocycles. The third kappa shape index (κ3) is 10.0. The molecular formula is C55H60ClF2N9O7. The standard InChI is InChI=1S/C55H60ClF2N9O7/c1-3-39-43(57)9-5-34-24-38(68)26-40(46(34)39)48-47(58)49-41(27-59-48)50(66-28-36-6-7-37(29-66)60-36)63-52(62-49)74-31-54(14-15-54)30-64-18-10-33(11-19-64)13-23-73-32-55(72-2)16-21-65(22-17-55)51(70)35-4-8-42(56)44(25-35)67-20-12-45(69)61-53(67)71/h1,4-5,8-9,24-27,33,36-37,60,68H,6-7,10-23,28-32H2,2H3,(H,61,69,71). The first-order chi connectivity index (χ1) is 35.8. The molecule has 2 atom stereocenters. The number of piperidine rings is 2. The second-order valence-corrected chi connectivity index (χ2v) is 21.6. The van der Waals surface area contributed by atoms with Crippen LogP contribution >= 0.6 is 11.6 Å². The molecule has 5 aromatic rings. The second-order valence-electron chi connectivity index (χ2n) is 21.2. The van der Waals surface area contributed by atoms with E-state index in [0.29, 0.717) is 97.6 Å². The zero-order valence-electron chi connectivity index (χ0n) is 41.4. The van der Waals surface area contributed by atoms with E-state index in [-0.39, 0.29) is 81.8 Å². The minimum atomic E-state index is -0.741. The number of methoxy groups -OCH3 is 1. The van der Waals surface area contributed by atoms with Gasteiger partial charge in [-0.1, -0.05) is 23.6 Å². The Bertz CT molecular complexity index is 3050. The highest BCUT2D eigenvalue weighted by atomic mass is 35.5. The molecule has 5 aliphatic heterocycles. The van der Waals surface area contributed by atoms with Gasteiger partial charge in [-0.25, -0.2) is 13.6 Å². The molecule has 16 nitrogen and oxygen atoms in total. The van der Waals surface area contributed by atoms with Crippen molar-refractivity contribution in [3.63, 3.8) is 0 Å². The van der Waals surface area contributed by atoms with Gasteiger partial charge in [0.2, 0.25) is 5.91 Å². The molecule has 3 aromatic carbocycles. The van der Waals surface area contributed by atoms with Crippen LogP contribution in [0.2, 0.25) is 5.02 Å². The smallest absolute Gasteiger partial charge is 0.328 e. The van der Waals surface area contributed by atoms with Crippen molar-refractivity contribution < 1.29 is 42.5 Å². The van der Waals surface area contributed by atoms with Crippen molar-refractivity contribution in [2.24, 2.45) is 11.3 Å². The lowest BCUT2D eigenvalue weighted by atomic mass is 9.91. The number of hydrogen-bond acceptors (Lipinski definition) is 13. The van der Waals surface area contributed by atoms with Gasteiger partial charge in [0, 0.05) is 99.6 Å². The fourth-order valence-corrected chi connectivity index (χ4v) is 12.0. The summed E-state index contributed by atoms with van der Waals surface area (Å²) in [6, 6.07) is 10.5. The number of carbonyl (C=O) groups excluding carboxylic acids is 3. The van der Waals surface area contributed by atoms with E-state index in [4.69, 9.17) is 42.2 Å². The highest BCUT2D eigenvalue weighted by molar-refractivity contribution is 6.34. The van der Waals surface area contributed by atoms with Crippen LogP contribution < -0.4 is 25.2 Å². The molecule has 2 aromatic heterocycles. The lowest BCUT2D eigenvalue weighted by molar-refractivity contribution is -0.120. The van der Waals surface area contributed by atoms with Gasteiger partial charge in [-0.3, -0.25) is 24.8 Å². The minimum Gasteiger partial charge on any atom is -0.508 e. The summed E-state index contributed by atoms with van der Waals surface area (Å²) in [6.07, 6.45) is 15.9. The average Bonchev–Trinajstić information content (AvgIpc) is 4.09. The number of carbonyl (C=O) groups is 3. The number of phenolic OH excluding ortho intramolecular Hbond substituents is 1. The van der Waals surface area contributed by atoms with Gasteiger partial charge in [0.15, 0.2) is 5.82 Å². The number of nitrogens with one attached hydrogen (secondary N) is 2. The Hall–Kier alpha value is -6.23. The molecule has 2 bridgehead atoms. The molecule has 4 amide bonds. The molecule has 1 saturated carbocycles. The summed E-state index contributed by atoms with van der Waals surface area (Å²) in [5, 5.41) is 18.1. The van der Waals surface area contributed by atoms with E-state index in [9.17, 15) is 19.5 Å². The number of pyridine rings is 1. The van der Waals surface area contributed by atoms with E-state index >= 15 is 8.78 Å². The summed E-state index contributed by atoms with van der Waals surface area (Å²) in [6.45, 7) is 6.81. The molecular weight excluding hydrogens is 972 g/mol. The normalized spacial score (nSPS) is 21.8. The Morgan fingerprint density at radius 3 is 2.45 bits per heavy atom. The molecule has 5 saturated heterocycles. The van der Waals surface area contributed by atoms with Crippen molar-refractivity contribution >= 4 is 62.6 Å². The second kappa shape index (κ2) is 20.5. The van der Waals surface area contributed by atoms with Gasteiger partial charge in [0.1, 0.15) is 28.6 Å². The number of anilines is 2. The summed E-state index contributed by atoms with van der Waals surface area (Å²) in [7, 11) is 1.70. The van der Waals surface area contributed by atoms with Crippen LogP contribution in [-0.4, -0.2) is 145 Å². The van der Waals surface area contributed by atoms with Crippen LogP contribution in [-0.2, 0) is 14.3 Å². The molecule has 0 radical (unpaired) electrons. The number of piperazine rings is 1. The predicted octanol–water partition coefficient (Wildman–Crippen LogP) is 7.45. The average molecular weight is 1030 g/mol. The van der Waals surface area contributed by atoms with Crippen LogP contribution in [0.4, 0.5) is 25.1 Å². The van der Waals surface area contributed by atoms with Crippen molar-refractivity contribution in [2.45, 2.75) is 81.9 Å². The zero-order valence-corrected chi connectivity index (χ0v) is 42.2. The number of aromatic hydroxyl groups is 1. The molecule has 2 unspecified atom stereocenters. The Balaban J connectivity index is 0.689. The van der Waals surface area contributed by atoms with Crippen LogP contribution in [0.15, 0.2) is 48.7 Å². The van der Waals surface area contributed by atoms with Gasteiger partial charge in [-0.05, 0) is 119 Å². The van der Waals surface area contributed by atoms with Crippen LogP contribution in [0.1, 0.15) is 80.1 Å². The number of likely N-dealkylation sites (tertiary alicyclic amines) is 2. The SMILES string of the molecule is C#Cc1c(F)ccc2cc(O)cc(-c3ncc4c(N5CC6CCC(C5)N6)nc(OCC5(CN6CCC(CCOCC7(OC)CCN(C(=O)c8ccc(Cl)c(N9CCC(=O)NC9=O)c8)CC7)CC6)CC5)nc4c3F)c12. The van der Waals surface area contributed by atoms with Gasteiger partial charge in [-0.15, -0.1) is 6.42 Å². The number of aromatic nitrogens is 3. The largest absolute Gasteiger partial charge is 0.508 e. The van der Waals surface area contributed by atoms with Crippen molar-refractivity contribution in [2.75, 3.05) is 89.1 Å². The van der Waals surface area contributed by atoms with E-state index in [1.165, 1.54) is 29.2 Å². The number of imide groups is 1. The summed E-state index contributed by atoms with van der Waals surface area (Å²) >= 11 is 6.43. The van der Waals surface area contributed by atoms with Gasteiger partial charge in [0.05, 0.1) is 40.5 Å². The molecule has 74 heavy (non-hydrogen) atoms. The number of amides is 4. The van der Waals surface area contributed by atoms with Crippen LogP contribution in [0.3, 0.4) is 0 Å². The summed E-state index contributed by atoms with van der Waals surface area (Å²) in [5.74, 6) is 1.48. The first kappa shape index (κ1) is 50.0. The van der Waals surface area contributed by atoms with E-state index in [0.717, 1.165) is 64.6 Å². The number of fused-ring (bicyclic) bond motifs is 4. The fraction of sp³-hybridized carbons (Fsp3) is 0.491. The Labute approximate surface area is 433 Å². The van der Waals surface area contributed by atoms with Gasteiger partial charge in [-0.2, -0.15) is 9.97 Å². The number of nitrogens with zero attached hydrogens (tertiary/aromatic N) is 7. The zero-order chi connectivity index (χ0) is 51.3. The first-order valence-corrected chi connectivity index (χ1v) is 26.2. The molecule has 1 aliphatic carbocycles. The minimum absolute atomic E-state index is 0.0276. The summed E-state index contributed by atoms with van der Waals surface area (Å²) in [4.78, 5) is 59.9. The van der Waals surface area contributed by atoms with E-state index in [2.05, 4.69) is 31.3 Å². The number of ether oxygens (including phenoxy) is 3. The van der Waals surface area contributed by atoms with Gasteiger partial charge >= 0.3 is 12.0 Å². The summed E-state index contributed by atoms with van der Waals surface area (Å²) < 4.78 is 51.0. The van der Waals surface area contributed by atoms with Gasteiger partial charge < -0.3 is 39.3 Å². The summed E-state index contributed by atoms with van der Waals surface area (Å²) in [5.41, 5.74) is 0.261. The number of hydrogen-bond donors (Lipinski definition) is 3. The highest BCUT2D eigenvalue weighted by Gasteiger charge is 2.46. The third-order valence-electron chi connectivity index (χ3n) is 16.3. The number of benzene rings is 3. The lowest BCUT2D eigenvalue weighted by Gasteiger charge is -2.41. The molecule has 19 heteroatoms. The molecule has 388 valence electrons. The van der Waals surface area contributed by atoms with E-state index in [1.54, 1.807) is 36.4 Å². The van der Waals surface area contributed by atoms with Crippen LogP contribution in [0.25, 0.3) is 32.9 Å². The van der Waals surface area contributed by atoms with Crippen LogP contribution in [0, 0.1) is 35.3 Å². The molecule has 11 rings (SSSR count). The number of rotatable bonds is 15.